The van der Waals surface area contributed by atoms with E-state index in [1.807, 2.05) is 6.07 Å². The lowest BCUT2D eigenvalue weighted by Gasteiger charge is -2.10. The zero-order valence-corrected chi connectivity index (χ0v) is 14.0. The first-order valence-electron chi connectivity index (χ1n) is 8.43. The molecule has 2 heterocycles. The van der Waals surface area contributed by atoms with Gasteiger partial charge in [-0.1, -0.05) is 18.2 Å². The van der Waals surface area contributed by atoms with Crippen LogP contribution in [0.2, 0.25) is 0 Å². The number of anilines is 1. The molecular weight excluding hydrogens is 334 g/mol. The van der Waals surface area contributed by atoms with Crippen molar-refractivity contribution in [1.29, 1.82) is 0 Å². The smallest absolute Gasteiger partial charge is 0.267 e. The Hall–Kier alpha value is -3.29. The summed E-state index contributed by atoms with van der Waals surface area (Å²) in [4.78, 5) is 36.2. The van der Waals surface area contributed by atoms with Gasteiger partial charge >= 0.3 is 0 Å². The molecule has 2 amide bonds. The van der Waals surface area contributed by atoms with Crippen molar-refractivity contribution >= 4 is 23.3 Å². The number of para-hydroxylation sites is 1. The van der Waals surface area contributed by atoms with Gasteiger partial charge in [0.25, 0.3) is 11.5 Å². The van der Waals surface area contributed by atoms with Gasteiger partial charge in [0.2, 0.25) is 5.91 Å². The molecule has 8 nitrogen and oxygen atoms in total. The predicted octanol–water partition coefficient (Wildman–Crippen LogP) is 0.987. The molecule has 26 heavy (non-hydrogen) atoms. The lowest BCUT2D eigenvalue weighted by atomic mass is 10.3. The summed E-state index contributed by atoms with van der Waals surface area (Å²) in [7, 11) is 0. The summed E-state index contributed by atoms with van der Waals surface area (Å²) in [5, 5.41) is 12.3. The average Bonchev–Trinajstić information content (AvgIpc) is 3.41. The normalized spacial score (nSPS) is 16.5. The lowest BCUT2D eigenvalue weighted by molar-refractivity contribution is -0.120. The van der Waals surface area contributed by atoms with Crippen LogP contribution in [0.15, 0.2) is 52.4 Å². The second-order valence-electron chi connectivity index (χ2n) is 6.34. The molecule has 1 aromatic heterocycles. The number of aromatic nitrogens is 2. The number of nitrogens with one attached hydrogen (secondary N) is 1. The number of carbonyl (C=O) groups is 2. The fourth-order valence-electron chi connectivity index (χ4n) is 2.78. The van der Waals surface area contributed by atoms with E-state index in [0.29, 0.717) is 11.6 Å². The van der Waals surface area contributed by atoms with E-state index in [1.165, 1.54) is 11.1 Å². The summed E-state index contributed by atoms with van der Waals surface area (Å²) >= 11 is 0. The van der Waals surface area contributed by atoms with E-state index >= 15 is 0 Å². The SMILES string of the molecule is O=C(Cn1nc(C2CC2)ccc1=O)NC1=NN(c2ccccc2)C(=O)C1. The molecule has 0 spiro atoms. The number of hydrogen-bond acceptors (Lipinski definition) is 5. The fourth-order valence-corrected chi connectivity index (χ4v) is 2.78. The number of hydrogen-bond donors (Lipinski definition) is 1. The highest BCUT2D eigenvalue weighted by molar-refractivity contribution is 6.15. The maximum atomic E-state index is 12.2. The van der Waals surface area contributed by atoms with Crippen molar-refractivity contribution in [3.63, 3.8) is 0 Å². The Bertz CT molecular complexity index is 947. The number of nitrogens with zero attached hydrogens (tertiary/aromatic N) is 4. The standard InChI is InChI=1S/C18H17N5O3/c24-16(11-22-17(25)9-8-14(20-22)12-6-7-12)19-15-10-18(26)23(21-15)13-4-2-1-3-5-13/h1-5,8-9,12H,6-7,10-11H2,(H,19,21,24). The van der Waals surface area contributed by atoms with Crippen LogP contribution < -0.4 is 15.9 Å². The highest BCUT2D eigenvalue weighted by Crippen LogP contribution is 2.38. The van der Waals surface area contributed by atoms with Crippen molar-refractivity contribution in [1.82, 2.24) is 15.1 Å². The van der Waals surface area contributed by atoms with Crippen LogP contribution in [0.1, 0.15) is 30.9 Å². The second-order valence-corrected chi connectivity index (χ2v) is 6.34. The fraction of sp³-hybridized carbons (Fsp3) is 0.278. The Morgan fingerprint density at radius 1 is 1.12 bits per heavy atom. The van der Waals surface area contributed by atoms with E-state index in [9.17, 15) is 14.4 Å². The van der Waals surface area contributed by atoms with Gasteiger partial charge in [0.1, 0.15) is 12.4 Å². The van der Waals surface area contributed by atoms with E-state index in [0.717, 1.165) is 23.2 Å². The summed E-state index contributed by atoms with van der Waals surface area (Å²) in [5.41, 5.74) is 1.14. The molecule has 1 aromatic carbocycles. The van der Waals surface area contributed by atoms with Crippen molar-refractivity contribution < 1.29 is 9.59 Å². The molecule has 0 radical (unpaired) electrons. The average molecular weight is 351 g/mol. The maximum Gasteiger partial charge on any atom is 0.267 e. The van der Waals surface area contributed by atoms with Gasteiger partial charge < -0.3 is 5.32 Å². The summed E-state index contributed by atoms with van der Waals surface area (Å²) in [6, 6.07) is 12.1. The van der Waals surface area contributed by atoms with Crippen molar-refractivity contribution in [2.75, 3.05) is 5.01 Å². The summed E-state index contributed by atoms with van der Waals surface area (Å²) in [6.45, 7) is -0.210. The highest BCUT2D eigenvalue weighted by atomic mass is 16.2. The third-order valence-electron chi connectivity index (χ3n) is 4.24. The number of benzene rings is 1. The summed E-state index contributed by atoms with van der Waals surface area (Å²) in [6.07, 6.45) is 2.13. The largest absolute Gasteiger partial charge is 0.311 e. The van der Waals surface area contributed by atoms with Gasteiger partial charge in [-0.15, -0.1) is 0 Å². The van der Waals surface area contributed by atoms with Gasteiger partial charge in [0.05, 0.1) is 17.8 Å². The molecule has 0 saturated heterocycles. The second kappa shape index (κ2) is 6.55. The molecule has 1 saturated carbocycles. The van der Waals surface area contributed by atoms with Gasteiger partial charge in [0.15, 0.2) is 0 Å². The molecule has 0 unspecified atom stereocenters. The zero-order chi connectivity index (χ0) is 18.1. The Morgan fingerprint density at radius 3 is 2.62 bits per heavy atom. The van der Waals surface area contributed by atoms with E-state index in [2.05, 4.69) is 15.5 Å². The van der Waals surface area contributed by atoms with E-state index in [4.69, 9.17) is 0 Å². The molecule has 1 aliphatic heterocycles. The number of amidine groups is 1. The zero-order valence-electron chi connectivity index (χ0n) is 14.0. The van der Waals surface area contributed by atoms with Crippen LogP contribution in [0.25, 0.3) is 0 Å². The van der Waals surface area contributed by atoms with Crippen LogP contribution >= 0.6 is 0 Å². The molecule has 4 rings (SSSR count). The topological polar surface area (TPSA) is 96.7 Å². The molecule has 8 heteroatoms. The third kappa shape index (κ3) is 3.39. The van der Waals surface area contributed by atoms with Crippen molar-refractivity contribution in [3.05, 3.63) is 58.5 Å². The molecule has 1 fully saturated rings. The maximum absolute atomic E-state index is 12.2. The van der Waals surface area contributed by atoms with Crippen LogP contribution in [0.4, 0.5) is 5.69 Å². The number of carbonyl (C=O) groups excluding carboxylic acids is 2. The number of hydrazone groups is 1. The van der Waals surface area contributed by atoms with Crippen molar-refractivity contribution in [3.8, 4) is 0 Å². The van der Waals surface area contributed by atoms with E-state index in [1.54, 1.807) is 30.3 Å². The quantitative estimate of drug-likeness (QED) is 0.888. The van der Waals surface area contributed by atoms with Crippen LogP contribution in [0.5, 0.6) is 0 Å². The summed E-state index contributed by atoms with van der Waals surface area (Å²) < 4.78 is 1.15. The van der Waals surface area contributed by atoms with Crippen LogP contribution in [0.3, 0.4) is 0 Å². The minimum atomic E-state index is -0.436. The molecule has 0 bridgehead atoms. The Labute approximate surface area is 149 Å². The first kappa shape index (κ1) is 16.2. The van der Waals surface area contributed by atoms with E-state index in [-0.39, 0.29) is 30.3 Å². The molecule has 1 N–H and O–H groups in total. The van der Waals surface area contributed by atoms with Gasteiger partial charge in [-0.2, -0.15) is 15.2 Å². The Balaban J connectivity index is 1.45. The predicted molar refractivity (Wildman–Crippen MR) is 94.6 cm³/mol. The first-order chi connectivity index (χ1) is 12.6. The molecule has 1 aliphatic carbocycles. The van der Waals surface area contributed by atoms with Gasteiger partial charge in [0, 0.05) is 12.0 Å². The Morgan fingerprint density at radius 2 is 1.88 bits per heavy atom. The molecular formula is C18H17N5O3. The monoisotopic (exact) mass is 351 g/mol. The first-order valence-corrected chi connectivity index (χ1v) is 8.43. The third-order valence-corrected chi connectivity index (χ3v) is 4.24. The van der Waals surface area contributed by atoms with Gasteiger partial charge in [-0.05, 0) is 31.0 Å². The minimum Gasteiger partial charge on any atom is -0.311 e. The molecule has 2 aliphatic rings. The van der Waals surface area contributed by atoms with Crippen molar-refractivity contribution in [2.24, 2.45) is 5.10 Å². The number of rotatable bonds is 4. The minimum absolute atomic E-state index is 0.00504. The molecule has 132 valence electrons. The number of amides is 2. The summed E-state index contributed by atoms with van der Waals surface area (Å²) in [5.74, 6) is -0.0112. The Kier molecular flexibility index (Phi) is 4.08. The lowest BCUT2D eigenvalue weighted by Crippen LogP contribution is -2.36. The van der Waals surface area contributed by atoms with Gasteiger partial charge in [-0.25, -0.2) is 4.68 Å². The molecule has 2 aromatic rings. The van der Waals surface area contributed by atoms with Gasteiger partial charge in [-0.3, -0.25) is 14.4 Å². The van der Waals surface area contributed by atoms with Crippen LogP contribution in [0, 0.1) is 0 Å². The van der Waals surface area contributed by atoms with Crippen LogP contribution in [-0.2, 0) is 16.1 Å². The highest BCUT2D eigenvalue weighted by Gasteiger charge is 2.27. The van der Waals surface area contributed by atoms with Crippen LogP contribution in [-0.4, -0.2) is 27.4 Å². The molecule has 0 atom stereocenters. The van der Waals surface area contributed by atoms with E-state index < -0.39 is 5.91 Å². The van der Waals surface area contributed by atoms with Crippen molar-refractivity contribution in [2.45, 2.75) is 31.7 Å².